The maximum atomic E-state index is 13.0. The number of phenolic OH excluding ortho intramolecular Hbond substituents is 2. The minimum atomic E-state index is -1.03. The van der Waals surface area contributed by atoms with Crippen molar-refractivity contribution >= 4 is 29.3 Å². The first-order valence-corrected chi connectivity index (χ1v) is 16.4. The first-order chi connectivity index (χ1) is 22.8. The van der Waals surface area contributed by atoms with E-state index in [1.165, 1.54) is 13.2 Å². The summed E-state index contributed by atoms with van der Waals surface area (Å²) in [7, 11) is 3.24. The molecule has 2 amide bonds. The van der Waals surface area contributed by atoms with E-state index in [4.69, 9.17) is 15.2 Å². The molecule has 0 aromatic heterocycles. The number of anilines is 1. The van der Waals surface area contributed by atoms with Gasteiger partial charge in [-0.1, -0.05) is 51.7 Å². The van der Waals surface area contributed by atoms with Gasteiger partial charge in [0.25, 0.3) is 5.91 Å². The van der Waals surface area contributed by atoms with E-state index in [1.54, 1.807) is 62.8 Å². The van der Waals surface area contributed by atoms with Gasteiger partial charge in [-0.05, 0) is 58.1 Å². The zero-order chi connectivity index (χ0) is 37.6. The summed E-state index contributed by atoms with van der Waals surface area (Å²) >= 11 is 0. The molecule has 1 aliphatic heterocycles. The highest BCUT2D eigenvalue weighted by molar-refractivity contribution is 6.04. The van der Waals surface area contributed by atoms with Gasteiger partial charge in [0.1, 0.15) is 23.4 Å². The number of nitrogens with two attached hydrogens (primary N) is 3. The number of phenols is 2. The lowest BCUT2D eigenvalue weighted by Gasteiger charge is -2.29. The molecule has 49 heavy (non-hydrogen) atoms. The van der Waals surface area contributed by atoms with E-state index in [1.807, 2.05) is 33.8 Å². The number of aliphatic hydroxyl groups excluding tert-OH is 1. The number of carboxylic acids is 1. The highest BCUT2D eigenvalue weighted by Gasteiger charge is 2.30. The number of aromatic hydroxyl groups is 2. The molecule has 0 unspecified atom stereocenters. The summed E-state index contributed by atoms with van der Waals surface area (Å²) in [4.78, 5) is 34.8. The highest BCUT2D eigenvalue weighted by Crippen LogP contribution is 2.40. The molecule has 1 aliphatic rings. The number of likely N-dealkylation sites (N-methyl/N-ethyl adjacent to an activating group) is 1. The Bertz CT molecular complexity index is 1400. The Morgan fingerprint density at radius 1 is 1.20 bits per heavy atom. The van der Waals surface area contributed by atoms with Crippen LogP contribution in [0, 0.1) is 17.8 Å². The van der Waals surface area contributed by atoms with Gasteiger partial charge < -0.3 is 56.4 Å². The average Bonchev–Trinajstić information content (AvgIpc) is 3.03. The van der Waals surface area contributed by atoms with Crippen LogP contribution in [0.4, 0.5) is 16.2 Å². The van der Waals surface area contributed by atoms with Crippen LogP contribution >= 0.6 is 0 Å². The van der Waals surface area contributed by atoms with Crippen LogP contribution < -0.4 is 26.8 Å². The van der Waals surface area contributed by atoms with Crippen molar-refractivity contribution in [3.63, 3.8) is 0 Å². The number of benzene rings is 1. The third-order valence-electron chi connectivity index (χ3n) is 8.63. The largest absolute Gasteiger partial charge is 0.544 e. The van der Waals surface area contributed by atoms with E-state index in [2.05, 4.69) is 11.9 Å². The van der Waals surface area contributed by atoms with Gasteiger partial charge in [-0.3, -0.25) is 4.79 Å². The molecule has 0 spiro atoms. The Morgan fingerprint density at radius 3 is 2.35 bits per heavy atom. The average molecular weight is 690 g/mol. The Balaban J connectivity index is 0.00000133. The summed E-state index contributed by atoms with van der Waals surface area (Å²) in [5.41, 5.74) is 6.66. The fourth-order valence-corrected chi connectivity index (χ4v) is 5.24. The van der Waals surface area contributed by atoms with Crippen molar-refractivity contribution in [2.75, 3.05) is 26.0 Å². The Kier molecular flexibility index (Phi) is 17.3. The number of aliphatic carboxylic acids is 1. The van der Waals surface area contributed by atoms with Crippen LogP contribution in [0.2, 0.25) is 0 Å². The third kappa shape index (κ3) is 13.0. The summed E-state index contributed by atoms with van der Waals surface area (Å²) < 4.78 is 11.1. The van der Waals surface area contributed by atoms with Crippen molar-refractivity contribution < 1.29 is 54.9 Å². The van der Waals surface area contributed by atoms with Crippen molar-refractivity contribution in [1.29, 1.82) is 0 Å². The smallest absolute Gasteiger partial charge is 0.405 e. The minimum Gasteiger partial charge on any atom is -0.544 e. The van der Waals surface area contributed by atoms with E-state index in [-0.39, 0.29) is 34.9 Å². The van der Waals surface area contributed by atoms with Gasteiger partial charge >= 0.3 is 6.09 Å². The summed E-state index contributed by atoms with van der Waals surface area (Å²) in [6.45, 7) is 16.5. The Morgan fingerprint density at radius 2 is 1.84 bits per heavy atom. The number of allylic oxidation sites excluding steroid dienone is 2. The fraction of sp³-hybridized carbons (Fsp3) is 0.528. The van der Waals surface area contributed by atoms with Crippen LogP contribution in [0.1, 0.15) is 60.5 Å². The predicted octanol–water partition coefficient (Wildman–Crippen LogP) is 1.27. The molecule has 10 N–H and O–H groups in total. The van der Waals surface area contributed by atoms with E-state index < -0.39 is 41.8 Å². The number of quaternary nitrogens is 2. The van der Waals surface area contributed by atoms with Crippen LogP contribution in [0.3, 0.4) is 0 Å². The van der Waals surface area contributed by atoms with Crippen molar-refractivity contribution in [3.05, 3.63) is 59.7 Å². The van der Waals surface area contributed by atoms with Crippen molar-refractivity contribution in [2.45, 2.75) is 85.2 Å². The molecule has 0 fully saturated rings. The third-order valence-corrected chi connectivity index (χ3v) is 8.63. The number of carboxylic acid groups (broad SMARTS) is 1. The molecule has 13 heteroatoms. The van der Waals surface area contributed by atoms with Crippen molar-refractivity contribution in [2.24, 2.45) is 23.5 Å². The standard InChI is InChI=1S/C31H45N3O7.C5H11NO2/c1-8-12-33-26-22-13-17(2)14-25(40-7)27(36)20(5)15-21(6)29(41-31(32)39)18(3)10-9-11-19(4)30(38)34-23(28(22)37)16-24(26)35;1-5(2,6-3)4(7)8/h8-11,15-18,20,25,27,29,33,35-37H,1,12-14H2,2-7H3,(H2,32,39)(H,34,38);6H,1-3H3,(H,7,8)/p+1/b10-9-,19-11+,21-15+;/t17-,18+,20+,25+,27-,29-;/m1./s1. The number of nitrogens with one attached hydrogen (secondary N) is 1. The summed E-state index contributed by atoms with van der Waals surface area (Å²) in [5, 5.41) is 49.5. The molecular weight excluding hydrogens is 632 g/mol. The highest BCUT2D eigenvalue weighted by atomic mass is 16.6. The van der Waals surface area contributed by atoms with Gasteiger partial charge in [0.2, 0.25) is 0 Å². The van der Waals surface area contributed by atoms with Gasteiger partial charge in [0.15, 0.2) is 11.4 Å². The molecule has 0 saturated heterocycles. The lowest BCUT2D eigenvalue weighted by Crippen LogP contribution is -2.95. The van der Waals surface area contributed by atoms with Gasteiger partial charge in [-0.2, -0.15) is 0 Å². The number of hydrogen-bond acceptors (Lipinski definition) is 9. The summed E-state index contributed by atoms with van der Waals surface area (Å²) in [6.07, 6.45) is 6.32. The second-order valence-electron chi connectivity index (χ2n) is 13.2. The molecule has 2 rings (SSSR count). The second kappa shape index (κ2) is 19.7. The van der Waals surface area contributed by atoms with E-state index >= 15 is 0 Å². The molecule has 6 atom stereocenters. The molecule has 2 bridgehead atoms. The number of hydrogen-bond donors (Lipinski definition) is 7. The molecular formula is C36H57N4O9+. The topological polar surface area (TPSA) is 225 Å². The lowest BCUT2D eigenvalue weighted by molar-refractivity contribution is -0.689. The number of carbonyl (C=O) groups excluding carboxylic acids is 3. The molecule has 13 nitrogen and oxygen atoms in total. The van der Waals surface area contributed by atoms with Crippen LogP contribution in [-0.4, -0.2) is 77.8 Å². The van der Waals surface area contributed by atoms with E-state index in [0.29, 0.717) is 41.8 Å². The van der Waals surface area contributed by atoms with Crippen LogP contribution in [0.25, 0.3) is 0 Å². The number of carbonyl (C=O) groups is 3. The number of amides is 2. The lowest BCUT2D eigenvalue weighted by atomic mass is 9.87. The monoisotopic (exact) mass is 689 g/mol. The second-order valence-corrected chi connectivity index (χ2v) is 13.2. The van der Waals surface area contributed by atoms with E-state index in [0.717, 1.165) is 0 Å². The number of fused-ring (bicyclic) bond motifs is 2. The molecule has 1 aromatic rings. The molecule has 1 aromatic carbocycles. The van der Waals surface area contributed by atoms with Crippen LogP contribution in [-0.2, 0) is 25.5 Å². The molecule has 0 aliphatic carbocycles. The number of methoxy groups -OCH3 is 1. The van der Waals surface area contributed by atoms with Gasteiger partial charge in [0.05, 0.1) is 37.1 Å². The molecule has 0 radical (unpaired) electrons. The maximum absolute atomic E-state index is 13.0. The normalized spacial score (nSPS) is 26.8. The number of aliphatic hydroxyl groups is 1. The molecule has 274 valence electrons. The zero-order valence-electron chi connectivity index (χ0n) is 30.3. The number of ether oxygens (including phenoxy) is 2. The Hall–Kier alpha value is -4.17. The van der Waals surface area contributed by atoms with Gasteiger partial charge in [-0.15, -0.1) is 0 Å². The summed E-state index contributed by atoms with van der Waals surface area (Å²) in [5.74, 6) is -2.47. The van der Waals surface area contributed by atoms with Crippen LogP contribution in [0.5, 0.6) is 11.5 Å². The van der Waals surface area contributed by atoms with Gasteiger partial charge in [0, 0.05) is 30.6 Å². The molecule has 1 heterocycles. The van der Waals surface area contributed by atoms with Crippen LogP contribution in [0.15, 0.2) is 54.2 Å². The number of primary amides is 1. The van der Waals surface area contributed by atoms with Crippen molar-refractivity contribution in [1.82, 2.24) is 0 Å². The minimum absolute atomic E-state index is 0.0820. The first-order valence-electron chi connectivity index (χ1n) is 16.4. The van der Waals surface area contributed by atoms with E-state index in [9.17, 15) is 34.8 Å². The SMILES string of the molecule is C=CC[NH2+]c1c(O)cc2c(O)c1C[C@@H](C)C[C@H](OC)[C@H](O)[C@@H](C)/C=C(\C)[C@H](OC(N)=O)[C@@H](C)/C=C\C=C(/C)C(=O)N2.C[NH2+]C(C)(C)C(=O)[O-]. The predicted molar refractivity (Wildman–Crippen MR) is 186 cm³/mol. The number of rotatable bonds is 7. The zero-order valence-corrected chi connectivity index (χ0v) is 30.3. The summed E-state index contributed by atoms with van der Waals surface area (Å²) in [6, 6.07) is 1.33. The van der Waals surface area contributed by atoms with Gasteiger partial charge in [-0.25, -0.2) is 4.79 Å². The first kappa shape index (κ1) is 42.9. The Labute approximate surface area is 289 Å². The quantitative estimate of drug-likeness (QED) is 0.0946. The molecule has 0 saturated carbocycles. The maximum Gasteiger partial charge on any atom is 0.405 e. The van der Waals surface area contributed by atoms with Crippen molar-refractivity contribution in [3.8, 4) is 11.5 Å². The fourth-order valence-electron chi connectivity index (χ4n) is 5.24.